The molecule has 0 saturated carbocycles. The lowest BCUT2D eigenvalue weighted by Crippen LogP contribution is -2.10. The molecule has 0 bridgehead atoms. The highest BCUT2D eigenvalue weighted by Gasteiger charge is 2.04. The van der Waals surface area contributed by atoms with Crippen LogP contribution in [0.2, 0.25) is 0 Å². The lowest BCUT2D eigenvalue weighted by Gasteiger charge is -2.05. The van der Waals surface area contributed by atoms with Crippen molar-refractivity contribution in [1.29, 1.82) is 0 Å². The highest BCUT2D eigenvalue weighted by atomic mass is 15.3. The maximum atomic E-state index is 5.34. The number of aromatic nitrogens is 2. The quantitative estimate of drug-likeness (QED) is 0.550. The zero-order valence-corrected chi connectivity index (χ0v) is 7.51. The zero-order valence-electron chi connectivity index (χ0n) is 7.51. The van der Waals surface area contributed by atoms with Crippen molar-refractivity contribution < 1.29 is 0 Å². The van der Waals surface area contributed by atoms with E-state index in [0.717, 1.165) is 11.3 Å². The van der Waals surface area contributed by atoms with Crippen LogP contribution in [-0.2, 0) is 0 Å². The predicted octanol–water partition coefficient (Wildman–Crippen LogP) is 1.43. The summed E-state index contributed by atoms with van der Waals surface area (Å²) in [4.78, 5) is 8.29. The van der Waals surface area contributed by atoms with Gasteiger partial charge in [-0.1, -0.05) is 30.3 Å². The minimum Gasteiger partial charge on any atom is -0.307 e. The van der Waals surface area contributed by atoms with Crippen LogP contribution in [0.25, 0.3) is 11.3 Å². The molecule has 0 spiro atoms. The number of nitrogens with zero attached hydrogens (tertiary/aromatic N) is 2. The van der Waals surface area contributed by atoms with Crippen LogP contribution in [0.4, 0.5) is 5.82 Å². The second-order valence-corrected chi connectivity index (χ2v) is 2.76. The molecule has 0 fully saturated rings. The molecule has 0 atom stereocenters. The number of hydrazine groups is 1. The summed E-state index contributed by atoms with van der Waals surface area (Å²) in [5, 5.41) is 0. The first-order valence-electron chi connectivity index (χ1n) is 4.25. The standard InChI is InChI=1S/C10H10N4/c11-14-10-9(12-6-7-13-10)8-4-2-1-3-5-8/h1-7H,11H2,(H,13,14). The Morgan fingerprint density at radius 1 is 1.00 bits per heavy atom. The Bertz CT molecular complexity index is 413. The Morgan fingerprint density at radius 3 is 2.43 bits per heavy atom. The van der Waals surface area contributed by atoms with Crippen LogP contribution in [0.1, 0.15) is 0 Å². The molecular formula is C10H10N4. The molecule has 0 unspecified atom stereocenters. The Labute approximate surface area is 81.8 Å². The van der Waals surface area contributed by atoms with Gasteiger partial charge in [0.05, 0.1) is 0 Å². The van der Waals surface area contributed by atoms with Gasteiger partial charge in [0.25, 0.3) is 0 Å². The van der Waals surface area contributed by atoms with E-state index in [2.05, 4.69) is 15.4 Å². The number of nitrogen functional groups attached to an aromatic ring is 1. The SMILES string of the molecule is NNc1nccnc1-c1ccccc1. The number of nitrogens with two attached hydrogens (primary N) is 1. The highest BCUT2D eigenvalue weighted by Crippen LogP contribution is 2.21. The van der Waals surface area contributed by atoms with Crippen molar-refractivity contribution in [2.75, 3.05) is 5.43 Å². The minimum absolute atomic E-state index is 0.582. The van der Waals surface area contributed by atoms with Crippen LogP contribution >= 0.6 is 0 Å². The molecule has 1 aromatic heterocycles. The molecule has 1 aromatic carbocycles. The molecule has 0 aliphatic rings. The summed E-state index contributed by atoms with van der Waals surface area (Å²) in [5.74, 6) is 5.92. The largest absolute Gasteiger partial charge is 0.307 e. The molecule has 70 valence electrons. The average Bonchev–Trinajstić information content (AvgIpc) is 2.30. The van der Waals surface area contributed by atoms with Crippen molar-refractivity contribution in [3.8, 4) is 11.3 Å². The number of hydrogen-bond donors (Lipinski definition) is 2. The van der Waals surface area contributed by atoms with Gasteiger partial charge in [0, 0.05) is 18.0 Å². The molecule has 4 nitrogen and oxygen atoms in total. The summed E-state index contributed by atoms with van der Waals surface area (Å²) in [6.07, 6.45) is 3.24. The van der Waals surface area contributed by atoms with E-state index in [1.165, 1.54) is 0 Å². The van der Waals surface area contributed by atoms with Gasteiger partial charge in [-0.2, -0.15) is 0 Å². The number of rotatable bonds is 2. The van der Waals surface area contributed by atoms with Crippen LogP contribution in [0.5, 0.6) is 0 Å². The van der Waals surface area contributed by atoms with Crippen molar-refractivity contribution in [3.63, 3.8) is 0 Å². The summed E-state index contributed by atoms with van der Waals surface area (Å²) in [6, 6.07) is 9.78. The van der Waals surface area contributed by atoms with Gasteiger partial charge in [0.2, 0.25) is 0 Å². The van der Waals surface area contributed by atoms with Gasteiger partial charge in [-0.05, 0) is 0 Å². The van der Waals surface area contributed by atoms with Crippen molar-refractivity contribution in [1.82, 2.24) is 9.97 Å². The zero-order chi connectivity index (χ0) is 9.80. The van der Waals surface area contributed by atoms with Crippen molar-refractivity contribution in [2.45, 2.75) is 0 Å². The predicted molar refractivity (Wildman–Crippen MR) is 55.3 cm³/mol. The third-order valence-electron chi connectivity index (χ3n) is 1.88. The van der Waals surface area contributed by atoms with Gasteiger partial charge in [-0.3, -0.25) is 4.98 Å². The molecule has 1 heterocycles. The normalized spacial score (nSPS) is 9.79. The third-order valence-corrected chi connectivity index (χ3v) is 1.88. The van der Waals surface area contributed by atoms with Gasteiger partial charge in [0.15, 0.2) is 5.82 Å². The van der Waals surface area contributed by atoms with E-state index >= 15 is 0 Å². The van der Waals surface area contributed by atoms with Crippen molar-refractivity contribution in [3.05, 3.63) is 42.7 Å². The number of benzene rings is 1. The molecule has 0 radical (unpaired) electrons. The number of anilines is 1. The number of hydrogen-bond acceptors (Lipinski definition) is 4. The van der Waals surface area contributed by atoms with Gasteiger partial charge < -0.3 is 5.43 Å². The second-order valence-electron chi connectivity index (χ2n) is 2.76. The summed E-state index contributed by atoms with van der Waals surface area (Å²) in [5.41, 5.74) is 4.27. The van der Waals surface area contributed by atoms with E-state index in [1.807, 2.05) is 30.3 Å². The Morgan fingerprint density at radius 2 is 1.71 bits per heavy atom. The lowest BCUT2D eigenvalue weighted by molar-refractivity contribution is 1.16. The molecule has 0 aliphatic carbocycles. The van der Waals surface area contributed by atoms with Crippen LogP contribution < -0.4 is 11.3 Å². The molecule has 2 rings (SSSR count). The Kier molecular flexibility index (Phi) is 2.38. The summed E-state index contributed by atoms with van der Waals surface area (Å²) in [6.45, 7) is 0. The van der Waals surface area contributed by atoms with E-state index in [9.17, 15) is 0 Å². The Balaban J connectivity index is 2.51. The summed E-state index contributed by atoms with van der Waals surface area (Å²) in [7, 11) is 0. The van der Waals surface area contributed by atoms with Gasteiger partial charge >= 0.3 is 0 Å². The smallest absolute Gasteiger partial charge is 0.166 e. The van der Waals surface area contributed by atoms with Gasteiger partial charge in [0.1, 0.15) is 5.69 Å². The topological polar surface area (TPSA) is 63.8 Å². The fourth-order valence-electron chi connectivity index (χ4n) is 1.25. The average molecular weight is 186 g/mol. The lowest BCUT2D eigenvalue weighted by atomic mass is 10.1. The molecule has 0 saturated heterocycles. The fraction of sp³-hybridized carbons (Fsp3) is 0. The molecule has 0 aliphatic heterocycles. The van der Waals surface area contributed by atoms with Crippen LogP contribution in [-0.4, -0.2) is 9.97 Å². The minimum atomic E-state index is 0.582. The molecule has 2 aromatic rings. The van der Waals surface area contributed by atoms with E-state index in [1.54, 1.807) is 12.4 Å². The molecular weight excluding hydrogens is 176 g/mol. The Hall–Kier alpha value is -1.94. The number of nitrogens with one attached hydrogen (secondary N) is 1. The van der Waals surface area contributed by atoms with Crippen molar-refractivity contribution in [2.24, 2.45) is 5.84 Å². The van der Waals surface area contributed by atoms with E-state index < -0.39 is 0 Å². The molecule has 4 heteroatoms. The first kappa shape index (κ1) is 8.65. The highest BCUT2D eigenvalue weighted by molar-refractivity contribution is 5.70. The maximum Gasteiger partial charge on any atom is 0.166 e. The van der Waals surface area contributed by atoms with Gasteiger partial charge in [-0.25, -0.2) is 10.8 Å². The van der Waals surface area contributed by atoms with Crippen LogP contribution in [0.3, 0.4) is 0 Å². The third kappa shape index (κ3) is 1.55. The van der Waals surface area contributed by atoms with E-state index in [0.29, 0.717) is 5.82 Å². The van der Waals surface area contributed by atoms with Crippen LogP contribution in [0, 0.1) is 0 Å². The maximum absolute atomic E-state index is 5.34. The molecule has 3 N–H and O–H groups in total. The van der Waals surface area contributed by atoms with Gasteiger partial charge in [-0.15, -0.1) is 0 Å². The van der Waals surface area contributed by atoms with Crippen LogP contribution in [0.15, 0.2) is 42.7 Å². The first-order chi connectivity index (χ1) is 6.92. The van der Waals surface area contributed by atoms with E-state index in [4.69, 9.17) is 5.84 Å². The monoisotopic (exact) mass is 186 g/mol. The first-order valence-corrected chi connectivity index (χ1v) is 4.25. The van der Waals surface area contributed by atoms with Crippen molar-refractivity contribution >= 4 is 5.82 Å². The van der Waals surface area contributed by atoms with E-state index in [-0.39, 0.29) is 0 Å². The molecule has 0 amide bonds. The summed E-state index contributed by atoms with van der Waals surface area (Å²) >= 11 is 0. The summed E-state index contributed by atoms with van der Waals surface area (Å²) < 4.78 is 0. The second kappa shape index (κ2) is 3.85. The molecule has 14 heavy (non-hydrogen) atoms. The fourth-order valence-corrected chi connectivity index (χ4v) is 1.25.